The number of hydrogen-bond donors (Lipinski definition) is 2. The van der Waals surface area contributed by atoms with Crippen LogP contribution in [0.4, 0.5) is 24.8 Å². The molecule has 2 fully saturated rings. The van der Waals surface area contributed by atoms with Gasteiger partial charge in [0.1, 0.15) is 17.6 Å². The smallest absolute Gasteiger partial charge is 0.223 e. The van der Waals surface area contributed by atoms with E-state index in [0.29, 0.717) is 56.4 Å². The monoisotopic (exact) mass is 567 g/mol. The lowest BCUT2D eigenvalue weighted by molar-refractivity contribution is 0.134. The molecule has 41 heavy (non-hydrogen) atoms. The molecule has 2 aliphatic heterocycles. The summed E-state index contributed by atoms with van der Waals surface area (Å²) in [6.07, 6.45) is 1.31. The number of nitrogens with two attached hydrogens (primary N) is 1. The number of furan rings is 1. The highest BCUT2D eigenvalue weighted by Crippen LogP contribution is 2.31. The van der Waals surface area contributed by atoms with Crippen LogP contribution < -0.4 is 20.7 Å². The summed E-state index contributed by atoms with van der Waals surface area (Å²) in [6, 6.07) is 7.68. The first-order chi connectivity index (χ1) is 19.9. The van der Waals surface area contributed by atoms with Gasteiger partial charge in [-0.25, -0.2) is 17.9 Å². The minimum absolute atomic E-state index is 0.138. The molecule has 6 heterocycles. The molecule has 1 aromatic carbocycles. The molecule has 11 nitrogen and oxygen atoms in total. The highest BCUT2D eigenvalue weighted by Gasteiger charge is 2.30. The molecule has 5 aromatic rings. The van der Waals surface area contributed by atoms with Crippen molar-refractivity contribution in [2.75, 3.05) is 56.4 Å². The SMILES string of the molecule is Nc1nc2c(cnn2CCN2CCN(c3cc(O[C@@H]4CNC[C@@H]4F)c(F)cc3F)CC2)c2cc(-c3ccco3)nn12. The van der Waals surface area contributed by atoms with Crippen molar-refractivity contribution < 1.29 is 22.3 Å². The van der Waals surface area contributed by atoms with Gasteiger partial charge in [-0.2, -0.15) is 19.7 Å². The van der Waals surface area contributed by atoms with Crippen LogP contribution in [-0.4, -0.2) is 87.4 Å². The molecular formula is C27H28F3N9O2. The largest absolute Gasteiger partial charge is 0.483 e. The van der Waals surface area contributed by atoms with Crippen molar-refractivity contribution in [3.8, 4) is 17.2 Å². The number of nitrogen functional groups attached to an aromatic ring is 1. The standard InChI is InChI=1S/C27H28F3N9O2/c28-17-10-18(29)24(41-25-15-32-14-19(25)30)12-22(17)37-6-3-36(4-7-37)5-8-38-26-16(13-33-38)21-11-20(23-2-1-9-40-23)35-39(21)27(31)34-26/h1-2,9-13,19,25,32H,3-8,14-15H2,(H2,31,34)/t19-,25+/m0/s1. The average Bonchev–Trinajstić information content (AvgIpc) is 3.77. The predicted octanol–water partition coefficient (Wildman–Crippen LogP) is 2.71. The number of halogens is 3. The highest BCUT2D eigenvalue weighted by molar-refractivity contribution is 5.93. The molecule has 214 valence electrons. The van der Waals surface area contributed by atoms with E-state index in [9.17, 15) is 13.2 Å². The van der Waals surface area contributed by atoms with Crippen LogP contribution in [-0.2, 0) is 6.54 Å². The van der Waals surface area contributed by atoms with Gasteiger partial charge in [0.25, 0.3) is 0 Å². The molecule has 3 N–H and O–H groups in total. The fourth-order valence-corrected chi connectivity index (χ4v) is 5.49. The number of fused-ring (bicyclic) bond motifs is 3. The van der Waals surface area contributed by atoms with Crippen LogP contribution in [0, 0.1) is 11.6 Å². The van der Waals surface area contributed by atoms with Gasteiger partial charge >= 0.3 is 0 Å². The Morgan fingerprint density at radius 3 is 2.68 bits per heavy atom. The molecule has 0 amide bonds. The van der Waals surface area contributed by atoms with E-state index in [1.165, 1.54) is 6.07 Å². The Kier molecular flexibility index (Phi) is 6.43. The first-order valence-corrected chi connectivity index (χ1v) is 13.5. The van der Waals surface area contributed by atoms with Crippen molar-refractivity contribution in [1.82, 2.24) is 34.6 Å². The summed E-state index contributed by atoms with van der Waals surface area (Å²) >= 11 is 0. The number of anilines is 2. The predicted molar refractivity (Wildman–Crippen MR) is 146 cm³/mol. The number of aromatic nitrogens is 5. The number of piperazine rings is 1. The lowest BCUT2D eigenvalue weighted by Crippen LogP contribution is -2.47. The summed E-state index contributed by atoms with van der Waals surface area (Å²) in [5.74, 6) is -0.762. The maximum absolute atomic E-state index is 14.7. The van der Waals surface area contributed by atoms with Crippen LogP contribution in [0.15, 0.2) is 47.2 Å². The van der Waals surface area contributed by atoms with Gasteiger partial charge in [0.05, 0.1) is 35.6 Å². The molecule has 2 aliphatic rings. The molecule has 4 aromatic heterocycles. The molecule has 0 aliphatic carbocycles. The lowest BCUT2D eigenvalue weighted by Gasteiger charge is -2.36. The van der Waals surface area contributed by atoms with Crippen molar-refractivity contribution in [2.24, 2.45) is 0 Å². The van der Waals surface area contributed by atoms with Gasteiger partial charge in [-0.15, -0.1) is 0 Å². The van der Waals surface area contributed by atoms with Crippen LogP contribution in [0.25, 0.3) is 28.0 Å². The third-order valence-electron chi connectivity index (χ3n) is 7.72. The highest BCUT2D eigenvalue weighted by atomic mass is 19.1. The van der Waals surface area contributed by atoms with Crippen molar-refractivity contribution >= 4 is 28.2 Å². The van der Waals surface area contributed by atoms with E-state index in [2.05, 4.69) is 25.4 Å². The molecule has 7 rings (SSSR count). The second-order valence-corrected chi connectivity index (χ2v) is 10.3. The number of nitrogens with one attached hydrogen (secondary N) is 1. The fraction of sp³-hybridized carbons (Fsp3) is 0.370. The molecule has 2 atom stereocenters. The molecular weight excluding hydrogens is 539 g/mol. The van der Waals surface area contributed by atoms with E-state index < -0.39 is 23.9 Å². The van der Waals surface area contributed by atoms with Crippen molar-refractivity contribution in [3.63, 3.8) is 0 Å². The minimum Gasteiger partial charge on any atom is -0.483 e. The Bertz CT molecular complexity index is 1700. The van der Waals surface area contributed by atoms with Crippen molar-refractivity contribution in [1.29, 1.82) is 0 Å². The topological polar surface area (TPSA) is 115 Å². The van der Waals surface area contributed by atoms with Crippen LogP contribution >= 0.6 is 0 Å². The van der Waals surface area contributed by atoms with Crippen LogP contribution in [0.2, 0.25) is 0 Å². The zero-order valence-electron chi connectivity index (χ0n) is 22.0. The normalized spacial score (nSPS) is 20.0. The molecule has 0 radical (unpaired) electrons. The minimum atomic E-state index is -1.24. The summed E-state index contributed by atoms with van der Waals surface area (Å²) in [7, 11) is 0. The van der Waals surface area contributed by atoms with Gasteiger partial charge in [0, 0.05) is 57.9 Å². The second-order valence-electron chi connectivity index (χ2n) is 10.3. The zero-order chi connectivity index (χ0) is 28.1. The summed E-state index contributed by atoms with van der Waals surface area (Å²) in [5, 5.41) is 12.8. The van der Waals surface area contributed by atoms with Gasteiger partial charge < -0.3 is 25.1 Å². The van der Waals surface area contributed by atoms with Gasteiger partial charge in [0.2, 0.25) is 5.95 Å². The van der Waals surface area contributed by atoms with Crippen LogP contribution in [0.3, 0.4) is 0 Å². The van der Waals surface area contributed by atoms with Crippen molar-refractivity contribution in [3.05, 3.63) is 54.4 Å². The molecule has 0 saturated carbocycles. The molecule has 14 heteroatoms. The van der Waals surface area contributed by atoms with E-state index in [0.717, 1.165) is 17.0 Å². The molecule has 0 spiro atoms. The fourth-order valence-electron chi connectivity index (χ4n) is 5.49. The third kappa shape index (κ3) is 4.72. The Balaban J connectivity index is 1.02. The first-order valence-electron chi connectivity index (χ1n) is 13.5. The van der Waals surface area contributed by atoms with E-state index in [-0.39, 0.29) is 30.5 Å². The summed E-state index contributed by atoms with van der Waals surface area (Å²) < 4.78 is 57.5. The summed E-state index contributed by atoms with van der Waals surface area (Å²) in [4.78, 5) is 8.65. The molecule has 0 bridgehead atoms. The van der Waals surface area contributed by atoms with E-state index in [4.69, 9.17) is 14.9 Å². The van der Waals surface area contributed by atoms with Gasteiger partial charge in [-0.1, -0.05) is 0 Å². The number of benzene rings is 1. The first kappa shape index (κ1) is 25.7. The maximum atomic E-state index is 14.7. The van der Waals surface area contributed by atoms with Crippen LogP contribution in [0.1, 0.15) is 0 Å². The van der Waals surface area contributed by atoms with E-state index in [1.54, 1.807) is 23.0 Å². The second kappa shape index (κ2) is 10.3. The van der Waals surface area contributed by atoms with E-state index in [1.807, 2.05) is 21.7 Å². The average molecular weight is 568 g/mol. The quantitative estimate of drug-likeness (QED) is 0.306. The summed E-state index contributed by atoms with van der Waals surface area (Å²) in [5.41, 5.74) is 8.58. The van der Waals surface area contributed by atoms with Crippen LogP contribution in [0.5, 0.6) is 5.75 Å². The Hall–Kier alpha value is -4.30. The van der Waals surface area contributed by atoms with Crippen molar-refractivity contribution in [2.45, 2.75) is 18.8 Å². The lowest BCUT2D eigenvalue weighted by atomic mass is 10.2. The van der Waals surface area contributed by atoms with Gasteiger partial charge in [0.15, 0.2) is 29.1 Å². The summed E-state index contributed by atoms with van der Waals surface area (Å²) in [6.45, 7) is 4.11. The van der Waals surface area contributed by atoms with E-state index >= 15 is 0 Å². The van der Waals surface area contributed by atoms with Gasteiger partial charge in [-0.3, -0.25) is 4.90 Å². The number of ether oxygens (including phenoxy) is 1. The molecule has 0 unspecified atom stereocenters. The maximum Gasteiger partial charge on any atom is 0.223 e. The third-order valence-corrected chi connectivity index (χ3v) is 7.72. The Morgan fingerprint density at radius 2 is 1.93 bits per heavy atom. The number of hydrogen-bond acceptors (Lipinski definition) is 9. The Morgan fingerprint density at radius 1 is 1.07 bits per heavy atom. The Labute approximate surface area is 232 Å². The molecule has 2 saturated heterocycles. The number of rotatable bonds is 7. The number of alkyl halides is 1. The zero-order valence-corrected chi connectivity index (χ0v) is 22.0. The van der Waals surface area contributed by atoms with Gasteiger partial charge in [-0.05, 0) is 18.2 Å². The number of nitrogens with zero attached hydrogens (tertiary/aromatic N) is 7.